The number of hydrogen-bond acceptors (Lipinski definition) is 1. The van der Waals surface area contributed by atoms with Gasteiger partial charge in [0.1, 0.15) is 0 Å². The Morgan fingerprint density at radius 3 is 2.73 bits per heavy atom. The van der Waals surface area contributed by atoms with E-state index in [0.29, 0.717) is 11.3 Å². The molecule has 0 aliphatic carbocycles. The summed E-state index contributed by atoms with van der Waals surface area (Å²) in [6.07, 6.45) is 5.54. The fourth-order valence-electron chi connectivity index (χ4n) is 0.430. The van der Waals surface area contributed by atoms with Crippen LogP contribution >= 0.6 is 22.6 Å². The van der Waals surface area contributed by atoms with E-state index in [2.05, 4.69) is 16.4 Å². The lowest BCUT2D eigenvalue weighted by Gasteiger charge is -1.93. The summed E-state index contributed by atoms with van der Waals surface area (Å²) in [4.78, 5) is 0. The molecular formula is C9H10IN. The van der Waals surface area contributed by atoms with E-state index >= 15 is 0 Å². The molecule has 0 bridgehead atoms. The molecule has 1 nitrogen and oxygen atoms in total. The predicted octanol–water partition coefficient (Wildman–Crippen LogP) is 2.36. The van der Waals surface area contributed by atoms with Crippen LogP contribution in [0.25, 0.3) is 0 Å². The van der Waals surface area contributed by atoms with Gasteiger partial charge in [0.2, 0.25) is 0 Å². The van der Waals surface area contributed by atoms with E-state index in [4.69, 9.17) is 5.73 Å². The molecule has 58 valence electrons. The van der Waals surface area contributed by atoms with Gasteiger partial charge in [-0.25, -0.2) is 0 Å². The van der Waals surface area contributed by atoms with Crippen LogP contribution in [-0.2, 0) is 0 Å². The lowest BCUT2D eigenvalue weighted by atomic mass is 10.2. The average Bonchev–Trinajstić information content (AvgIpc) is 2.00. The smallest absolute Gasteiger partial charge is 0.0467 e. The van der Waals surface area contributed by atoms with Crippen LogP contribution in [0.5, 0.6) is 0 Å². The van der Waals surface area contributed by atoms with Crippen LogP contribution in [-0.4, -0.2) is 0 Å². The number of hydrogen-bond donors (Lipinski definition) is 1. The highest BCUT2D eigenvalue weighted by Crippen LogP contribution is 1.99. The lowest BCUT2D eigenvalue weighted by molar-refractivity contribution is 1.38. The van der Waals surface area contributed by atoms with Gasteiger partial charge in [0.25, 0.3) is 0 Å². The zero-order valence-electron chi connectivity index (χ0n) is 6.39. The molecule has 11 heavy (non-hydrogen) atoms. The van der Waals surface area contributed by atoms with Crippen LogP contribution in [0.3, 0.4) is 0 Å². The second kappa shape index (κ2) is 6.05. The fourth-order valence-corrected chi connectivity index (χ4v) is 0.755. The molecule has 0 fully saturated rings. The number of allylic oxidation sites excluding steroid dienone is 4. The molecule has 0 aromatic heterocycles. The third-order valence-corrected chi connectivity index (χ3v) is 1.28. The van der Waals surface area contributed by atoms with Crippen LogP contribution in [0.15, 0.2) is 36.1 Å². The Kier molecular flexibility index (Phi) is 5.67. The van der Waals surface area contributed by atoms with Gasteiger partial charge in [-0.15, -0.1) is 0 Å². The molecule has 0 saturated heterocycles. The monoisotopic (exact) mass is 259 g/mol. The summed E-state index contributed by atoms with van der Waals surface area (Å²) in [5.74, 6) is 2.77. The molecule has 2 heteroatoms. The highest BCUT2D eigenvalue weighted by Gasteiger charge is 1.88. The van der Waals surface area contributed by atoms with Gasteiger partial charge in [0, 0.05) is 33.9 Å². The van der Waals surface area contributed by atoms with Crippen molar-refractivity contribution in [3.63, 3.8) is 0 Å². The Balaban J connectivity index is 4.31. The lowest BCUT2D eigenvalue weighted by Crippen LogP contribution is -1.97. The van der Waals surface area contributed by atoms with Crippen LogP contribution in [0, 0.1) is 9.85 Å². The number of rotatable bonds is 2. The van der Waals surface area contributed by atoms with Gasteiger partial charge in [0.05, 0.1) is 0 Å². The highest BCUT2D eigenvalue weighted by molar-refractivity contribution is 14.1. The van der Waals surface area contributed by atoms with E-state index in [-0.39, 0.29) is 0 Å². The quantitative estimate of drug-likeness (QED) is 0.460. The fraction of sp³-hybridized carbons (Fsp3) is 0.111. The molecule has 0 aliphatic heterocycles. The first-order valence-electron chi connectivity index (χ1n) is 3.11. The number of nitrogens with two attached hydrogens (primary N) is 1. The summed E-state index contributed by atoms with van der Waals surface area (Å²) < 4.78 is 2.70. The van der Waals surface area contributed by atoms with Crippen LogP contribution in [0.2, 0.25) is 0 Å². The second-order valence-electron chi connectivity index (χ2n) is 1.85. The molecule has 2 N–H and O–H groups in total. The largest absolute Gasteiger partial charge is 0.398 e. The zero-order valence-corrected chi connectivity index (χ0v) is 8.55. The molecule has 0 radical (unpaired) electrons. The summed E-state index contributed by atoms with van der Waals surface area (Å²) in [5, 5.41) is 0. The van der Waals surface area contributed by atoms with Crippen molar-refractivity contribution in [3.05, 3.63) is 36.1 Å². The van der Waals surface area contributed by atoms with Crippen molar-refractivity contribution in [3.8, 4) is 9.85 Å². The van der Waals surface area contributed by atoms with Gasteiger partial charge < -0.3 is 5.73 Å². The SMILES string of the molecule is C=C(C#CI)/C(N)=C\C=C/C. The molecule has 0 saturated carbocycles. The Morgan fingerprint density at radius 1 is 1.64 bits per heavy atom. The molecule has 0 spiro atoms. The Hall–Kier alpha value is -0.690. The van der Waals surface area contributed by atoms with Crippen LogP contribution in [0.1, 0.15) is 6.92 Å². The summed E-state index contributed by atoms with van der Waals surface area (Å²) in [7, 11) is 0. The minimum absolute atomic E-state index is 0.618. The summed E-state index contributed by atoms with van der Waals surface area (Å²) in [6.45, 7) is 5.62. The molecule has 0 rings (SSSR count). The van der Waals surface area contributed by atoms with E-state index in [1.807, 2.05) is 41.7 Å². The molecule has 0 aromatic rings. The van der Waals surface area contributed by atoms with Gasteiger partial charge in [-0.1, -0.05) is 24.7 Å². The Labute approximate surface area is 81.2 Å². The average molecular weight is 259 g/mol. The van der Waals surface area contributed by atoms with E-state index < -0.39 is 0 Å². The first kappa shape index (κ1) is 10.3. The van der Waals surface area contributed by atoms with Gasteiger partial charge in [0.15, 0.2) is 0 Å². The minimum atomic E-state index is 0.618. The van der Waals surface area contributed by atoms with Gasteiger partial charge in [-0.05, 0) is 16.9 Å². The van der Waals surface area contributed by atoms with Crippen LogP contribution < -0.4 is 5.73 Å². The Bertz CT molecular complexity index is 250. The summed E-state index contributed by atoms with van der Waals surface area (Å²) >= 11 is 1.95. The molecule has 0 heterocycles. The summed E-state index contributed by atoms with van der Waals surface area (Å²) in [5.41, 5.74) is 6.88. The maximum absolute atomic E-state index is 5.59. The first-order chi connectivity index (χ1) is 5.22. The Morgan fingerprint density at radius 2 is 2.27 bits per heavy atom. The van der Waals surface area contributed by atoms with Crippen molar-refractivity contribution in [1.29, 1.82) is 0 Å². The molecule has 0 aromatic carbocycles. The first-order valence-corrected chi connectivity index (χ1v) is 4.19. The molecule has 0 amide bonds. The van der Waals surface area contributed by atoms with Gasteiger partial charge >= 0.3 is 0 Å². The minimum Gasteiger partial charge on any atom is -0.398 e. The predicted molar refractivity (Wildman–Crippen MR) is 58.0 cm³/mol. The molecule has 0 atom stereocenters. The van der Waals surface area contributed by atoms with Crippen LogP contribution in [0.4, 0.5) is 0 Å². The molecular weight excluding hydrogens is 249 g/mol. The van der Waals surface area contributed by atoms with Crippen molar-refractivity contribution in [2.45, 2.75) is 6.92 Å². The van der Waals surface area contributed by atoms with Gasteiger partial charge in [-0.2, -0.15) is 0 Å². The topological polar surface area (TPSA) is 26.0 Å². The maximum Gasteiger partial charge on any atom is 0.0467 e. The molecule has 0 unspecified atom stereocenters. The number of halogens is 1. The van der Waals surface area contributed by atoms with Crippen molar-refractivity contribution >= 4 is 22.6 Å². The summed E-state index contributed by atoms with van der Waals surface area (Å²) in [6, 6.07) is 0. The van der Waals surface area contributed by atoms with E-state index in [1.54, 1.807) is 6.08 Å². The third-order valence-electron chi connectivity index (χ3n) is 1.01. The normalized spacial score (nSPS) is 10.9. The van der Waals surface area contributed by atoms with E-state index in [0.717, 1.165) is 0 Å². The van der Waals surface area contributed by atoms with Crippen molar-refractivity contribution < 1.29 is 0 Å². The zero-order chi connectivity index (χ0) is 8.69. The van der Waals surface area contributed by atoms with E-state index in [9.17, 15) is 0 Å². The highest BCUT2D eigenvalue weighted by atomic mass is 127. The third kappa shape index (κ3) is 4.68. The second-order valence-corrected chi connectivity index (χ2v) is 2.39. The van der Waals surface area contributed by atoms with Crippen molar-refractivity contribution in [1.82, 2.24) is 0 Å². The maximum atomic E-state index is 5.59. The molecule has 0 aliphatic rings. The van der Waals surface area contributed by atoms with E-state index in [1.165, 1.54) is 0 Å². The standard InChI is InChI=1S/C9H10IN/c1-3-4-5-9(11)8(2)6-7-10/h3-5H,2,11H2,1H3/b4-3-,9-5+. The van der Waals surface area contributed by atoms with Crippen molar-refractivity contribution in [2.24, 2.45) is 5.73 Å². The van der Waals surface area contributed by atoms with Crippen molar-refractivity contribution in [2.75, 3.05) is 0 Å². The van der Waals surface area contributed by atoms with Gasteiger partial charge in [-0.3, -0.25) is 0 Å².